The molecule has 0 saturated heterocycles. The molecule has 2 rings (SSSR count). The van der Waals surface area contributed by atoms with Crippen LogP contribution in [0.4, 0.5) is 11.4 Å². The standard InChI is InChI=1S/C14H16N4O3/c15-8-10-7-11(18(20)21)3-4-12(10)17-13(19)14(9-16)5-1-2-6-14/h3-4,7H,1-2,5-6,9,16H2,(H,17,19). The number of hydrogen-bond donors (Lipinski definition) is 2. The maximum absolute atomic E-state index is 12.4. The van der Waals surface area contributed by atoms with Crippen LogP contribution in [0.2, 0.25) is 0 Å². The number of carbonyl (C=O) groups is 1. The quantitative estimate of drug-likeness (QED) is 0.647. The van der Waals surface area contributed by atoms with Gasteiger partial charge in [0, 0.05) is 18.7 Å². The van der Waals surface area contributed by atoms with Gasteiger partial charge in [0.1, 0.15) is 6.07 Å². The molecule has 1 fully saturated rings. The molecule has 1 saturated carbocycles. The van der Waals surface area contributed by atoms with E-state index in [0.29, 0.717) is 0 Å². The van der Waals surface area contributed by atoms with Gasteiger partial charge in [0.15, 0.2) is 0 Å². The van der Waals surface area contributed by atoms with Crippen molar-refractivity contribution in [3.63, 3.8) is 0 Å². The molecule has 0 aliphatic heterocycles. The second-order valence-corrected chi connectivity index (χ2v) is 5.24. The summed E-state index contributed by atoms with van der Waals surface area (Å²) in [5.41, 5.74) is 5.33. The zero-order valence-electron chi connectivity index (χ0n) is 11.5. The van der Waals surface area contributed by atoms with Crippen molar-refractivity contribution in [2.45, 2.75) is 25.7 Å². The number of amides is 1. The van der Waals surface area contributed by atoms with Gasteiger partial charge >= 0.3 is 0 Å². The molecule has 1 aromatic carbocycles. The number of carbonyl (C=O) groups excluding carboxylic acids is 1. The molecule has 1 aromatic rings. The van der Waals surface area contributed by atoms with Crippen LogP contribution in [-0.4, -0.2) is 17.4 Å². The lowest BCUT2D eigenvalue weighted by Crippen LogP contribution is -2.40. The Morgan fingerprint density at radius 3 is 2.67 bits per heavy atom. The van der Waals surface area contributed by atoms with Gasteiger partial charge in [0.25, 0.3) is 5.69 Å². The van der Waals surface area contributed by atoms with E-state index in [1.807, 2.05) is 6.07 Å². The predicted octanol–water partition coefficient (Wildman–Crippen LogP) is 1.92. The van der Waals surface area contributed by atoms with E-state index < -0.39 is 10.3 Å². The van der Waals surface area contributed by atoms with Crippen molar-refractivity contribution in [2.75, 3.05) is 11.9 Å². The van der Waals surface area contributed by atoms with E-state index in [9.17, 15) is 14.9 Å². The molecular weight excluding hydrogens is 272 g/mol. The van der Waals surface area contributed by atoms with E-state index in [2.05, 4.69) is 5.32 Å². The Bertz CT molecular complexity index is 615. The molecule has 0 aromatic heterocycles. The minimum Gasteiger partial charge on any atom is -0.329 e. The molecule has 3 N–H and O–H groups in total. The van der Waals surface area contributed by atoms with Crippen LogP contribution < -0.4 is 11.1 Å². The van der Waals surface area contributed by atoms with Gasteiger partial charge in [0.2, 0.25) is 5.91 Å². The zero-order valence-corrected chi connectivity index (χ0v) is 11.5. The van der Waals surface area contributed by atoms with E-state index in [-0.39, 0.29) is 29.4 Å². The fourth-order valence-electron chi connectivity index (χ4n) is 2.68. The molecule has 0 atom stereocenters. The average Bonchev–Trinajstić information content (AvgIpc) is 2.97. The van der Waals surface area contributed by atoms with E-state index in [4.69, 9.17) is 11.0 Å². The lowest BCUT2D eigenvalue weighted by atomic mass is 9.85. The number of rotatable bonds is 4. The summed E-state index contributed by atoms with van der Waals surface area (Å²) in [6, 6.07) is 5.67. The SMILES string of the molecule is N#Cc1cc([N+](=O)[O-])ccc1NC(=O)C1(CN)CCCC1. The maximum atomic E-state index is 12.4. The highest BCUT2D eigenvalue weighted by Crippen LogP contribution is 2.38. The van der Waals surface area contributed by atoms with Crippen molar-refractivity contribution in [3.8, 4) is 6.07 Å². The summed E-state index contributed by atoms with van der Waals surface area (Å²) >= 11 is 0. The van der Waals surface area contributed by atoms with E-state index >= 15 is 0 Å². The molecule has 1 aliphatic rings. The highest BCUT2D eigenvalue weighted by atomic mass is 16.6. The average molecular weight is 288 g/mol. The van der Waals surface area contributed by atoms with Crippen LogP contribution in [0.5, 0.6) is 0 Å². The third-order valence-electron chi connectivity index (χ3n) is 4.02. The Labute approximate surface area is 121 Å². The fraction of sp³-hybridized carbons (Fsp3) is 0.429. The first-order valence-electron chi connectivity index (χ1n) is 6.72. The van der Waals surface area contributed by atoms with E-state index in [0.717, 1.165) is 31.7 Å². The van der Waals surface area contributed by atoms with Gasteiger partial charge in [-0.3, -0.25) is 14.9 Å². The van der Waals surface area contributed by atoms with Crippen molar-refractivity contribution in [1.29, 1.82) is 5.26 Å². The van der Waals surface area contributed by atoms with E-state index in [1.54, 1.807) is 0 Å². The zero-order chi connectivity index (χ0) is 15.5. The van der Waals surface area contributed by atoms with Crippen molar-refractivity contribution < 1.29 is 9.72 Å². The molecule has 21 heavy (non-hydrogen) atoms. The molecule has 7 heteroatoms. The van der Waals surface area contributed by atoms with Crippen molar-refractivity contribution in [1.82, 2.24) is 0 Å². The van der Waals surface area contributed by atoms with Gasteiger partial charge in [-0.05, 0) is 18.9 Å². The smallest absolute Gasteiger partial charge is 0.270 e. The van der Waals surface area contributed by atoms with Crippen LogP contribution in [0, 0.1) is 26.9 Å². The summed E-state index contributed by atoms with van der Waals surface area (Å²) in [7, 11) is 0. The summed E-state index contributed by atoms with van der Waals surface area (Å²) in [6.45, 7) is 0.258. The van der Waals surface area contributed by atoms with Gasteiger partial charge in [-0.2, -0.15) is 5.26 Å². The molecule has 0 radical (unpaired) electrons. The van der Waals surface area contributed by atoms with Crippen molar-refractivity contribution in [3.05, 3.63) is 33.9 Å². The van der Waals surface area contributed by atoms with Crippen LogP contribution in [0.15, 0.2) is 18.2 Å². The van der Waals surface area contributed by atoms with Gasteiger partial charge in [-0.15, -0.1) is 0 Å². The summed E-state index contributed by atoms with van der Waals surface area (Å²) in [5, 5.41) is 22.5. The molecule has 110 valence electrons. The number of non-ortho nitro benzene ring substituents is 1. The number of anilines is 1. The third-order valence-corrected chi connectivity index (χ3v) is 4.02. The number of nitriles is 1. The second kappa shape index (κ2) is 5.89. The second-order valence-electron chi connectivity index (χ2n) is 5.24. The highest BCUT2D eigenvalue weighted by Gasteiger charge is 2.40. The molecule has 0 bridgehead atoms. The molecular formula is C14H16N4O3. The lowest BCUT2D eigenvalue weighted by molar-refractivity contribution is -0.384. The number of nitrogens with two attached hydrogens (primary N) is 1. The van der Waals surface area contributed by atoms with Crippen molar-refractivity contribution in [2.24, 2.45) is 11.1 Å². The first-order valence-corrected chi connectivity index (χ1v) is 6.72. The minimum absolute atomic E-state index is 0.0720. The molecule has 0 unspecified atom stereocenters. The molecule has 0 spiro atoms. The number of hydrogen-bond acceptors (Lipinski definition) is 5. The summed E-state index contributed by atoms with van der Waals surface area (Å²) in [4.78, 5) is 22.5. The summed E-state index contributed by atoms with van der Waals surface area (Å²) < 4.78 is 0. The van der Waals surface area contributed by atoms with Crippen LogP contribution >= 0.6 is 0 Å². The number of benzene rings is 1. The first kappa shape index (κ1) is 14.9. The van der Waals surface area contributed by atoms with Crippen LogP contribution in [0.1, 0.15) is 31.2 Å². The molecule has 0 heterocycles. The number of nitrogens with one attached hydrogen (secondary N) is 1. The lowest BCUT2D eigenvalue weighted by Gasteiger charge is -2.25. The maximum Gasteiger partial charge on any atom is 0.270 e. The van der Waals surface area contributed by atoms with Gasteiger partial charge in [-0.25, -0.2) is 0 Å². The third kappa shape index (κ3) is 2.85. The largest absolute Gasteiger partial charge is 0.329 e. The summed E-state index contributed by atoms with van der Waals surface area (Å²) in [6.07, 6.45) is 3.36. The first-order chi connectivity index (χ1) is 10.0. The number of nitrogens with zero attached hydrogens (tertiary/aromatic N) is 2. The number of nitro groups is 1. The van der Waals surface area contributed by atoms with Crippen LogP contribution in [0.3, 0.4) is 0 Å². The topological polar surface area (TPSA) is 122 Å². The van der Waals surface area contributed by atoms with Gasteiger partial charge in [0.05, 0.1) is 21.6 Å². The summed E-state index contributed by atoms with van der Waals surface area (Å²) in [5.74, 6) is -0.215. The highest BCUT2D eigenvalue weighted by molar-refractivity contribution is 5.97. The monoisotopic (exact) mass is 288 g/mol. The molecule has 7 nitrogen and oxygen atoms in total. The molecule has 1 amide bonds. The Hall–Kier alpha value is -2.46. The Balaban J connectivity index is 2.25. The van der Waals surface area contributed by atoms with E-state index in [1.165, 1.54) is 12.1 Å². The fourth-order valence-corrected chi connectivity index (χ4v) is 2.68. The van der Waals surface area contributed by atoms with Crippen LogP contribution in [0.25, 0.3) is 0 Å². The Morgan fingerprint density at radius 1 is 1.48 bits per heavy atom. The molecule has 1 aliphatic carbocycles. The van der Waals surface area contributed by atoms with Gasteiger partial charge in [-0.1, -0.05) is 12.8 Å². The Morgan fingerprint density at radius 2 is 2.14 bits per heavy atom. The normalized spacial score (nSPS) is 16.2. The van der Waals surface area contributed by atoms with Crippen LogP contribution in [-0.2, 0) is 4.79 Å². The number of nitro benzene ring substituents is 1. The minimum atomic E-state index is -0.589. The van der Waals surface area contributed by atoms with Crippen molar-refractivity contribution >= 4 is 17.3 Å². The predicted molar refractivity (Wildman–Crippen MR) is 76.4 cm³/mol. The van der Waals surface area contributed by atoms with Gasteiger partial charge < -0.3 is 11.1 Å². The Kier molecular flexibility index (Phi) is 4.19.